The summed E-state index contributed by atoms with van der Waals surface area (Å²) in [6.07, 6.45) is 1.22. The summed E-state index contributed by atoms with van der Waals surface area (Å²) < 4.78 is 31.2. The van der Waals surface area contributed by atoms with Crippen LogP contribution in [0.1, 0.15) is 6.42 Å². The first-order valence-corrected chi connectivity index (χ1v) is 11.6. The van der Waals surface area contributed by atoms with Gasteiger partial charge in [-0.25, -0.2) is 0 Å². The van der Waals surface area contributed by atoms with E-state index in [0.29, 0.717) is 19.3 Å². The average Bonchev–Trinajstić information content (AvgIpc) is 3.28. The second kappa shape index (κ2) is 11.8. The zero-order chi connectivity index (χ0) is 15.4. The molecule has 0 bridgehead atoms. The van der Waals surface area contributed by atoms with Gasteiger partial charge in [-0.15, -0.1) is 0 Å². The Morgan fingerprint density at radius 3 is 1.95 bits per heavy atom. The van der Waals surface area contributed by atoms with Crippen LogP contribution in [0, 0.1) is 0 Å². The van der Waals surface area contributed by atoms with Crippen molar-refractivity contribution in [2.45, 2.75) is 31.7 Å². The molecule has 0 N–H and O–H groups in total. The lowest BCUT2D eigenvalue weighted by molar-refractivity contribution is 0.100. The summed E-state index contributed by atoms with van der Waals surface area (Å²) in [4.78, 5) is 0. The molecule has 0 aromatic heterocycles. The molecule has 1 aliphatic rings. The summed E-state index contributed by atoms with van der Waals surface area (Å²) in [6, 6.07) is 0.780. The molecule has 1 aliphatic heterocycles. The molecule has 1 heterocycles. The maximum absolute atomic E-state index is 5.42. The van der Waals surface area contributed by atoms with Gasteiger partial charge in [-0.05, 0) is 19.5 Å². The Kier molecular flexibility index (Phi) is 11.9. The van der Waals surface area contributed by atoms with E-state index in [1.54, 1.807) is 28.4 Å². The lowest BCUT2D eigenvalue weighted by atomic mass is 10.5. The Morgan fingerprint density at radius 1 is 1.10 bits per heavy atom. The van der Waals surface area contributed by atoms with Crippen LogP contribution in [-0.2, 0) is 27.2 Å². The molecule has 0 spiro atoms. The van der Waals surface area contributed by atoms with Crippen molar-refractivity contribution < 1.29 is 27.2 Å². The van der Waals surface area contributed by atoms with E-state index in [1.165, 1.54) is 0 Å². The third kappa shape index (κ3) is 10.00. The van der Waals surface area contributed by atoms with E-state index in [-0.39, 0.29) is 0 Å². The number of rotatable bonds is 10. The maximum atomic E-state index is 5.42. The average molecular weight is 327 g/mol. The molecule has 20 heavy (non-hydrogen) atoms. The molecular weight excluding hydrogens is 296 g/mol. The molecule has 0 aromatic carbocycles. The van der Waals surface area contributed by atoms with Gasteiger partial charge in [0.15, 0.2) is 9.04 Å². The SMILES string of the molecule is CO[SiH](C)C.CO[Si](CCCOCC1CO1)(OC)OC. The Balaban J connectivity index is 0.000000621. The van der Waals surface area contributed by atoms with E-state index in [2.05, 4.69) is 13.1 Å². The van der Waals surface area contributed by atoms with Crippen LogP contribution >= 0.6 is 0 Å². The van der Waals surface area contributed by atoms with Crippen molar-refractivity contribution in [2.24, 2.45) is 0 Å². The minimum atomic E-state index is -2.39. The van der Waals surface area contributed by atoms with E-state index < -0.39 is 17.8 Å². The highest BCUT2D eigenvalue weighted by Crippen LogP contribution is 2.15. The molecule has 1 unspecified atom stereocenters. The van der Waals surface area contributed by atoms with Gasteiger partial charge < -0.3 is 27.2 Å². The van der Waals surface area contributed by atoms with Gasteiger partial charge in [0.05, 0.1) is 13.2 Å². The van der Waals surface area contributed by atoms with Crippen molar-refractivity contribution in [3.63, 3.8) is 0 Å². The number of hydrogen-bond acceptors (Lipinski definition) is 6. The highest BCUT2D eigenvalue weighted by molar-refractivity contribution is 6.60. The molecule has 0 aliphatic carbocycles. The van der Waals surface area contributed by atoms with E-state index in [4.69, 9.17) is 27.2 Å². The predicted molar refractivity (Wildman–Crippen MR) is 82.7 cm³/mol. The quantitative estimate of drug-likeness (QED) is 0.342. The van der Waals surface area contributed by atoms with Crippen molar-refractivity contribution in [3.8, 4) is 0 Å². The minimum absolute atomic E-state index is 0.333. The molecule has 1 saturated heterocycles. The summed E-state index contributed by atoms with van der Waals surface area (Å²) in [7, 11) is 3.59. The smallest absolute Gasteiger partial charge is 0.424 e. The molecule has 8 heteroatoms. The van der Waals surface area contributed by atoms with Gasteiger partial charge in [0, 0.05) is 41.1 Å². The molecule has 0 aromatic rings. The Morgan fingerprint density at radius 2 is 1.60 bits per heavy atom. The second-order valence-corrected chi connectivity index (χ2v) is 10.4. The van der Waals surface area contributed by atoms with Crippen molar-refractivity contribution in [1.29, 1.82) is 0 Å². The fraction of sp³-hybridized carbons (Fsp3) is 1.00. The largest absolute Gasteiger partial charge is 0.500 e. The number of hydrogen-bond donors (Lipinski definition) is 0. The molecular formula is C12H30O6Si2. The van der Waals surface area contributed by atoms with Crippen molar-refractivity contribution >= 4 is 17.8 Å². The van der Waals surface area contributed by atoms with E-state index in [9.17, 15) is 0 Å². The number of epoxide rings is 1. The van der Waals surface area contributed by atoms with Crippen LogP contribution in [-0.4, -0.2) is 72.2 Å². The van der Waals surface area contributed by atoms with Crippen molar-refractivity contribution in [2.75, 3.05) is 48.3 Å². The van der Waals surface area contributed by atoms with Crippen LogP contribution in [0.2, 0.25) is 19.1 Å². The summed E-state index contributed by atoms with van der Waals surface area (Å²) in [5.41, 5.74) is 0. The molecule has 1 atom stereocenters. The van der Waals surface area contributed by atoms with Crippen LogP contribution in [0.5, 0.6) is 0 Å². The van der Waals surface area contributed by atoms with Gasteiger partial charge in [-0.1, -0.05) is 0 Å². The normalized spacial score (nSPS) is 17.9. The lowest BCUT2D eigenvalue weighted by Crippen LogP contribution is -2.42. The first-order valence-electron chi connectivity index (χ1n) is 6.91. The van der Waals surface area contributed by atoms with Gasteiger partial charge in [0.1, 0.15) is 6.10 Å². The standard InChI is InChI=1S/C9H20O5Si.C3H10OSi/c1-10-15(11-2,12-3)6-4-5-13-7-9-8-14-9;1-4-5(2)3/h9H,4-8H2,1-3H3;5H,1-3H3. The van der Waals surface area contributed by atoms with Crippen molar-refractivity contribution in [3.05, 3.63) is 0 Å². The third-order valence-electron chi connectivity index (χ3n) is 2.88. The summed E-state index contributed by atoms with van der Waals surface area (Å²) in [6.45, 7) is 6.51. The highest BCUT2D eigenvalue weighted by Gasteiger charge is 2.36. The molecule has 0 saturated carbocycles. The van der Waals surface area contributed by atoms with E-state index >= 15 is 0 Å². The monoisotopic (exact) mass is 326 g/mol. The second-order valence-electron chi connectivity index (χ2n) is 4.71. The van der Waals surface area contributed by atoms with Crippen LogP contribution in [0.25, 0.3) is 0 Å². The Labute approximate surface area is 125 Å². The molecule has 0 amide bonds. The lowest BCUT2D eigenvalue weighted by Gasteiger charge is -2.24. The molecule has 1 rings (SSSR count). The first kappa shape index (κ1) is 20.2. The molecule has 6 nitrogen and oxygen atoms in total. The van der Waals surface area contributed by atoms with Crippen LogP contribution < -0.4 is 0 Å². The highest BCUT2D eigenvalue weighted by atomic mass is 28.4. The summed E-state index contributed by atoms with van der Waals surface area (Å²) in [5.74, 6) is 0. The van der Waals surface area contributed by atoms with Gasteiger partial charge in [0.2, 0.25) is 0 Å². The fourth-order valence-corrected chi connectivity index (χ4v) is 3.02. The Bertz CT molecular complexity index is 214. The molecule has 1 fully saturated rings. The fourth-order valence-electron chi connectivity index (χ4n) is 1.33. The van der Waals surface area contributed by atoms with Crippen LogP contribution in [0.4, 0.5) is 0 Å². The zero-order valence-electron chi connectivity index (χ0n) is 13.6. The zero-order valence-corrected chi connectivity index (χ0v) is 15.8. The van der Waals surface area contributed by atoms with Gasteiger partial charge in [0.25, 0.3) is 0 Å². The summed E-state index contributed by atoms with van der Waals surface area (Å²) in [5, 5.41) is 0. The Hall–Kier alpha value is 0.194. The van der Waals surface area contributed by atoms with Gasteiger partial charge in [-0.2, -0.15) is 0 Å². The van der Waals surface area contributed by atoms with Gasteiger partial charge >= 0.3 is 8.80 Å². The number of ether oxygens (including phenoxy) is 2. The minimum Gasteiger partial charge on any atom is -0.424 e. The third-order valence-corrected chi connectivity index (χ3v) is 6.66. The van der Waals surface area contributed by atoms with Crippen LogP contribution in [0.3, 0.4) is 0 Å². The van der Waals surface area contributed by atoms with E-state index in [1.807, 2.05) is 0 Å². The van der Waals surface area contributed by atoms with Gasteiger partial charge in [-0.3, -0.25) is 0 Å². The van der Waals surface area contributed by atoms with E-state index in [0.717, 1.165) is 19.1 Å². The first-order chi connectivity index (χ1) is 9.53. The maximum Gasteiger partial charge on any atom is 0.500 e. The molecule has 0 radical (unpaired) electrons. The van der Waals surface area contributed by atoms with Crippen molar-refractivity contribution in [1.82, 2.24) is 0 Å². The molecule has 122 valence electrons. The topological polar surface area (TPSA) is 58.7 Å². The predicted octanol–water partition coefficient (Wildman–Crippen LogP) is 1.29. The van der Waals surface area contributed by atoms with Crippen LogP contribution in [0.15, 0.2) is 0 Å². The summed E-state index contributed by atoms with van der Waals surface area (Å²) >= 11 is 0.